The van der Waals surface area contributed by atoms with Gasteiger partial charge < -0.3 is 4.98 Å². The lowest BCUT2D eigenvalue weighted by molar-refractivity contribution is -0.137. The predicted octanol–water partition coefficient (Wildman–Crippen LogP) is 3.97. The fourth-order valence-corrected chi connectivity index (χ4v) is 4.88. The van der Waals surface area contributed by atoms with E-state index < -0.39 is 23.7 Å². The fourth-order valence-electron chi connectivity index (χ4n) is 4.88. The molecule has 3 amide bonds. The molecule has 5 heterocycles. The summed E-state index contributed by atoms with van der Waals surface area (Å²) >= 11 is 0. The molecule has 0 spiro atoms. The molecule has 2 aliphatic heterocycles. The maximum Gasteiger partial charge on any atom is 0.417 e. The minimum atomic E-state index is -4.58. The number of piperidine rings is 1. The van der Waals surface area contributed by atoms with E-state index in [1.54, 1.807) is 6.20 Å². The molecule has 1 atom stereocenters. The van der Waals surface area contributed by atoms with Gasteiger partial charge in [-0.2, -0.15) is 13.2 Å². The van der Waals surface area contributed by atoms with E-state index in [-0.39, 0.29) is 24.3 Å². The number of anilines is 1. The first-order chi connectivity index (χ1) is 16.2. The van der Waals surface area contributed by atoms with Crippen LogP contribution in [-0.2, 0) is 11.0 Å². The van der Waals surface area contributed by atoms with Gasteiger partial charge in [0.15, 0.2) is 0 Å². The molecule has 11 heteroatoms. The van der Waals surface area contributed by atoms with Gasteiger partial charge in [0, 0.05) is 49.1 Å². The Bertz CT molecular complexity index is 1230. The lowest BCUT2D eigenvalue weighted by atomic mass is 9.98. The highest BCUT2D eigenvalue weighted by Gasteiger charge is 2.43. The molecule has 1 N–H and O–H groups in total. The van der Waals surface area contributed by atoms with Crippen molar-refractivity contribution in [3.05, 3.63) is 54.1 Å². The number of aromatic nitrogens is 3. The summed E-state index contributed by atoms with van der Waals surface area (Å²) in [6.07, 6.45) is 2.11. The molecule has 2 saturated heterocycles. The molecule has 3 aromatic heterocycles. The number of aromatic amines is 1. The van der Waals surface area contributed by atoms with Gasteiger partial charge in [-0.25, -0.2) is 9.78 Å². The Kier molecular flexibility index (Phi) is 5.51. The second-order valence-corrected chi connectivity index (χ2v) is 8.65. The van der Waals surface area contributed by atoms with Crippen LogP contribution >= 0.6 is 0 Å². The number of carbonyl (C=O) groups is 2. The van der Waals surface area contributed by atoms with Gasteiger partial charge in [-0.3, -0.25) is 24.5 Å². The second kappa shape index (κ2) is 8.39. The van der Waals surface area contributed by atoms with E-state index in [9.17, 15) is 22.8 Å². The van der Waals surface area contributed by atoms with Crippen LogP contribution < -0.4 is 4.90 Å². The average Bonchev–Trinajstić information content (AvgIpc) is 3.42. The first kappa shape index (κ1) is 22.3. The lowest BCUT2D eigenvalue weighted by Gasteiger charge is -2.38. The largest absolute Gasteiger partial charge is 0.417 e. The molecule has 178 valence electrons. The molecule has 0 aromatic carbocycles. The zero-order valence-electron chi connectivity index (χ0n) is 18.4. The number of H-pyrrole nitrogens is 1. The predicted molar refractivity (Wildman–Crippen MR) is 118 cm³/mol. The Labute approximate surface area is 193 Å². The van der Waals surface area contributed by atoms with E-state index in [1.165, 1.54) is 11.1 Å². The summed E-state index contributed by atoms with van der Waals surface area (Å²) in [5.74, 6) is -0.405. The van der Waals surface area contributed by atoms with Crippen molar-refractivity contribution in [3.8, 4) is 0 Å². The number of hydrogen-bond acceptors (Lipinski definition) is 5. The van der Waals surface area contributed by atoms with E-state index in [2.05, 4.69) is 26.8 Å². The van der Waals surface area contributed by atoms with Gasteiger partial charge in [-0.05, 0) is 43.5 Å². The van der Waals surface area contributed by atoms with Gasteiger partial charge in [0.1, 0.15) is 12.2 Å². The van der Waals surface area contributed by atoms with E-state index >= 15 is 0 Å². The zero-order valence-corrected chi connectivity index (χ0v) is 18.4. The highest BCUT2D eigenvalue weighted by atomic mass is 19.4. The van der Waals surface area contributed by atoms with E-state index in [0.717, 1.165) is 27.6 Å². The molecule has 1 unspecified atom stereocenters. The van der Waals surface area contributed by atoms with Crippen LogP contribution in [0.4, 0.5) is 23.7 Å². The number of rotatable bonds is 4. The number of pyridine rings is 2. The Morgan fingerprint density at radius 2 is 1.91 bits per heavy atom. The number of imide groups is 1. The minimum absolute atomic E-state index is 0.0325. The number of fused-ring (bicyclic) bond motifs is 1. The number of hydrogen-bond donors (Lipinski definition) is 1. The van der Waals surface area contributed by atoms with Gasteiger partial charge in [-0.1, -0.05) is 0 Å². The minimum Gasteiger partial charge on any atom is -0.346 e. The summed E-state index contributed by atoms with van der Waals surface area (Å²) in [5, 5.41) is 1.06. The summed E-state index contributed by atoms with van der Waals surface area (Å²) in [5.41, 5.74) is 0.992. The molecular weight excluding hydrogens is 449 g/mol. The smallest absolute Gasteiger partial charge is 0.346 e. The topological polar surface area (TPSA) is 85.4 Å². The van der Waals surface area contributed by atoms with Crippen LogP contribution in [0.3, 0.4) is 0 Å². The number of likely N-dealkylation sites (tertiary alicyclic amines) is 1. The van der Waals surface area contributed by atoms with Crippen LogP contribution in [0.2, 0.25) is 0 Å². The summed E-state index contributed by atoms with van der Waals surface area (Å²) in [7, 11) is 0. The third-order valence-electron chi connectivity index (χ3n) is 6.72. The monoisotopic (exact) mass is 472 g/mol. The number of nitrogens with one attached hydrogen (secondary N) is 1. The Morgan fingerprint density at radius 3 is 2.65 bits per heavy atom. The molecule has 3 aromatic rings. The standard InChI is InChI=1S/C23H23F3N6O2/c1-14(18-2-6-28-21-19(18)3-7-29-21)30-8-4-16(5-9-30)32-20(33)13-31(22(32)34)17-10-15(11-27-12-17)23(24,25)26/h2-3,6-7,10-12,14,16H,4-5,8-9,13H2,1H3,(H,28,29). The molecule has 8 nitrogen and oxygen atoms in total. The van der Waals surface area contributed by atoms with Crippen LogP contribution in [-0.4, -0.2) is 62.4 Å². The van der Waals surface area contributed by atoms with Crippen molar-refractivity contribution in [1.29, 1.82) is 0 Å². The molecular formula is C23H23F3N6O2. The Hall–Kier alpha value is -3.47. The molecule has 2 fully saturated rings. The van der Waals surface area contributed by atoms with Gasteiger partial charge >= 0.3 is 12.2 Å². The van der Waals surface area contributed by atoms with Gasteiger partial charge in [-0.15, -0.1) is 0 Å². The first-order valence-electron chi connectivity index (χ1n) is 11.1. The van der Waals surface area contributed by atoms with Crippen molar-refractivity contribution >= 4 is 28.7 Å². The molecule has 2 aliphatic rings. The second-order valence-electron chi connectivity index (χ2n) is 8.65. The van der Waals surface area contributed by atoms with Crippen LogP contribution in [0.5, 0.6) is 0 Å². The van der Waals surface area contributed by atoms with Crippen LogP contribution in [0.1, 0.15) is 36.9 Å². The Morgan fingerprint density at radius 1 is 1.15 bits per heavy atom. The highest BCUT2D eigenvalue weighted by Crippen LogP contribution is 2.34. The zero-order chi connectivity index (χ0) is 24.0. The van der Waals surface area contributed by atoms with Crippen molar-refractivity contribution in [2.45, 2.75) is 38.0 Å². The number of carbonyl (C=O) groups excluding carboxylic acids is 2. The summed E-state index contributed by atoms with van der Waals surface area (Å²) in [6.45, 7) is 3.20. The van der Waals surface area contributed by atoms with Gasteiger partial charge in [0.05, 0.1) is 17.4 Å². The van der Waals surface area contributed by atoms with E-state index in [4.69, 9.17) is 0 Å². The Balaban J connectivity index is 1.28. The first-order valence-corrected chi connectivity index (χ1v) is 11.1. The van der Waals surface area contributed by atoms with Crippen molar-refractivity contribution in [3.63, 3.8) is 0 Å². The van der Waals surface area contributed by atoms with Crippen molar-refractivity contribution < 1.29 is 22.8 Å². The number of amides is 3. The third-order valence-corrected chi connectivity index (χ3v) is 6.72. The van der Waals surface area contributed by atoms with E-state index in [1.807, 2.05) is 18.3 Å². The molecule has 34 heavy (non-hydrogen) atoms. The highest BCUT2D eigenvalue weighted by molar-refractivity contribution is 6.12. The van der Waals surface area contributed by atoms with Gasteiger partial charge in [0.25, 0.3) is 5.91 Å². The van der Waals surface area contributed by atoms with E-state index in [0.29, 0.717) is 32.1 Å². The van der Waals surface area contributed by atoms with Crippen LogP contribution in [0, 0.1) is 0 Å². The quantitative estimate of drug-likeness (QED) is 0.581. The lowest BCUT2D eigenvalue weighted by Crippen LogP contribution is -2.48. The number of urea groups is 1. The van der Waals surface area contributed by atoms with Crippen molar-refractivity contribution in [1.82, 2.24) is 24.8 Å². The van der Waals surface area contributed by atoms with Crippen molar-refractivity contribution in [2.75, 3.05) is 24.5 Å². The fraction of sp³-hybridized carbons (Fsp3) is 0.391. The van der Waals surface area contributed by atoms with Crippen LogP contribution in [0.15, 0.2) is 43.0 Å². The summed E-state index contributed by atoms with van der Waals surface area (Å²) in [6, 6.07) is 4.08. The maximum absolute atomic E-state index is 13.1. The molecule has 0 aliphatic carbocycles. The molecule has 0 radical (unpaired) electrons. The van der Waals surface area contributed by atoms with Gasteiger partial charge in [0.2, 0.25) is 0 Å². The molecule has 0 saturated carbocycles. The summed E-state index contributed by atoms with van der Waals surface area (Å²) in [4.78, 5) is 41.4. The SMILES string of the molecule is CC(c1ccnc2[nH]ccc12)N1CCC(N2C(=O)CN(c3cncc(C(F)(F)F)c3)C2=O)CC1. The van der Waals surface area contributed by atoms with Crippen LogP contribution in [0.25, 0.3) is 11.0 Å². The summed E-state index contributed by atoms with van der Waals surface area (Å²) < 4.78 is 39.2. The third kappa shape index (κ3) is 3.89. The van der Waals surface area contributed by atoms with Crippen molar-refractivity contribution in [2.24, 2.45) is 0 Å². The normalized spacial score (nSPS) is 19.4. The average molecular weight is 472 g/mol. The number of halogens is 3. The number of nitrogens with zero attached hydrogens (tertiary/aromatic N) is 5. The number of alkyl halides is 3. The molecule has 5 rings (SSSR count). The maximum atomic E-state index is 13.1. The molecule has 0 bridgehead atoms.